The van der Waals surface area contributed by atoms with Gasteiger partial charge in [0.15, 0.2) is 0 Å². The van der Waals surface area contributed by atoms with Crippen molar-refractivity contribution in [1.29, 1.82) is 0 Å². The maximum atomic E-state index is 13.9. The molecular weight excluding hydrogens is 347 g/mol. The normalized spacial score (nSPS) is 20.4. The number of hydrogen-bond acceptors (Lipinski definition) is 5. The van der Waals surface area contributed by atoms with Crippen molar-refractivity contribution in [2.24, 2.45) is 0 Å². The number of hydrogen-bond donors (Lipinski definition) is 0. The Labute approximate surface area is 158 Å². The fourth-order valence-electron chi connectivity index (χ4n) is 3.62. The molecular formula is C20H23FN4O2. The van der Waals surface area contributed by atoms with E-state index in [1.807, 2.05) is 17.9 Å². The van der Waals surface area contributed by atoms with Gasteiger partial charge in [-0.1, -0.05) is 18.2 Å². The molecule has 0 bridgehead atoms. The second kappa shape index (κ2) is 7.60. The number of amides is 1. The van der Waals surface area contributed by atoms with Crippen LogP contribution in [-0.2, 0) is 16.1 Å². The molecule has 142 valence electrons. The van der Waals surface area contributed by atoms with Gasteiger partial charge in [0, 0.05) is 43.8 Å². The standard InChI is InChI=1S/C20H23FN4O2/c1-14-22-18(16-6-9-27-13-16)10-19(23-14)24-7-8-25(20(26)12-24)11-15-4-2-3-5-17(15)21/h2-5,10,16H,6-9,11-13H2,1H3. The van der Waals surface area contributed by atoms with Crippen LogP contribution in [0.25, 0.3) is 0 Å². The second-order valence-electron chi connectivity index (χ2n) is 7.09. The molecule has 1 amide bonds. The summed E-state index contributed by atoms with van der Waals surface area (Å²) >= 11 is 0. The van der Waals surface area contributed by atoms with Crippen molar-refractivity contribution in [3.8, 4) is 0 Å². The predicted molar refractivity (Wildman–Crippen MR) is 99.0 cm³/mol. The monoisotopic (exact) mass is 370 g/mol. The van der Waals surface area contributed by atoms with Crippen molar-refractivity contribution in [2.75, 3.05) is 37.7 Å². The highest BCUT2D eigenvalue weighted by molar-refractivity contribution is 5.82. The Morgan fingerprint density at radius 1 is 1.26 bits per heavy atom. The van der Waals surface area contributed by atoms with Gasteiger partial charge in [-0.2, -0.15) is 0 Å². The average molecular weight is 370 g/mol. The highest BCUT2D eigenvalue weighted by Gasteiger charge is 2.27. The fraction of sp³-hybridized carbons (Fsp3) is 0.450. The van der Waals surface area contributed by atoms with Crippen LogP contribution in [0.3, 0.4) is 0 Å². The smallest absolute Gasteiger partial charge is 0.242 e. The van der Waals surface area contributed by atoms with Crippen molar-refractivity contribution in [2.45, 2.75) is 25.8 Å². The molecule has 0 spiro atoms. The van der Waals surface area contributed by atoms with Crippen LogP contribution in [0, 0.1) is 12.7 Å². The highest BCUT2D eigenvalue weighted by atomic mass is 19.1. The van der Waals surface area contributed by atoms with E-state index in [1.54, 1.807) is 23.1 Å². The van der Waals surface area contributed by atoms with Gasteiger partial charge >= 0.3 is 0 Å². The zero-order valence-electron chi connectivity index (χ0n) is 15.4. The number of aryl methyl sites for hydroxylation is 1. The third-order valence-electron chi connectivity index (χ3n) is 5.15. The average Bonchev–Trinajstić information content (AvgIpc) is 3.19. The molecule has 1 atom stereocenters. The first-order chi connectivity index (χ1) is 13.1. The summed E-state index contributed by atoms with van der Waals surface area (Å²) in [4.78, 5) is 25.4. The SMILES string of the molecule is Cc1nc(C2CCOC2)cc(N2CCN(Cc3ccccc3F)C(=O)C2)n1. The van der Waals surface area contributed by atoms with Crippen molar-refractivity contribution in [3.05, 3.63) is 53.2 Å². The minimum atomic E-state index is -0.275. The Morgan fingerprint density at radius 3 is 2.85 bits per heavy atom. The number of rotatable bonds is 4. The number of benzene rings is 1. The minimum Gasteiger partial charge on any atom is -0.381 e. The van der Waals surface area contributed by atoms with Crippen LogP contribution in [0.5, 0.6) is 0 Å². The van der Waals surface area contributed by atoms with Crippen LogP contribution < -0.4 is 4.90 Å². The molecule has 1 unspecified atom stereocenters. The van der Waals surface area contributed by atoms with E-state index in [4.69, 9.17) is 4.74 Å². The summed E-state index contributed by atoms with van der Waals surface area (Å²) in [5.41, 5.74) is 1.52. The van der Waals surface area contributed by atoms with E-state index in [2.05, 4.69) is 9.97 Å². The molecule has 2 aliphatic rings. The topological polar surface area (TPSA) is 58.6 Å². The van der Waals surface area contributed by atoms with Gasteiger partial charge in [0.25, 0.3) is 0 Å². The van der Waals surface area contributed by atoms with E-state index in [-0.39, 0.29) is 18.3 Å². The third-order valence-corrected chi connectivity index (χ3v) is 5.15. The maximum absolute atomic E-state index is 13.9. The Hall–Kier alpha value is -2.54. The lowest BCUT2D eigenvalue weighted by molar-refractivity contribution is -0.131. The summed E-state index contributed by atoms with van der Waals surface area (Å²) in [5, 5.41) is 0. The van der Waals surface area contributed by atoms with Crippen molar-refractivity contribution < 1.29 is 13.9 Å². The van der Waals surface area contributed by atoms with E-state index in [0.29, 0.717) is 43.5 Å². The highest BCUT2D eigenvalue weighted by Crippen LogP contribution is 2.26. The van der Waals surface area contributed by atoms with Gasteiger partial charge < -0.3 is 14.5 Å². The lowest BCUT2D eigenvalue weighted by Crippen LogP contribution is -2.50. The van der Waals surface area contributed by atoms with Gasteiger partial charge in [-0.3, -0.25) is 4.79 Å². The molecule has 2 fully saturated rings. The molecule has 1 aromatic carbocycles. The number of aromatic nitrogens is 2. The number of piperazine rings is 1. The fourth-order valence-corrected chi connectivity index (χ4v) is 3.62. The lowest BCUT2D eigenvalue weighted by Gasteiger charge is -2.35. The molecule has 0 radical (unpaired) electrons. The molecule has 6 nitrogen and oxygen atoms in total. The van der Waals surface area contributed by atoms with Gasteiger partial charge in [-0.15, -0.1) is 0 Å². The van der Waals surface area contributed by atoms with Gasteiger partial charge in [0.1, 0.15) is 17.5 Å². The number of ether oxygens (including phenoxy) is 1. The molecule has 2 aromatic rings. The van der Waals surface area contributed by atoms with E-state index in [9.17, 15) is 9.18 Å². The zero-order chi connectivity index (χ0) is 18.8. The number of carbonyl (C=O) groups is 1. The summed E-state index contributed by atoms with van der Waals surface area (Å²) in [5.74, 6) is 1.48. The minimum absolute atomic E-state index is 0.0217. The molecule has 27 heavy (non-hydrogen) atoms. The van der Waals surface area contributed by atoms with E-state index >= 15 is 0 Å². The molecule has 2 aliphatic heterocycles. The Kier molecular flexibility index (Phi) is 5.03. The van der Waals surface area contributed by atoms with Crippen molar-refractivity contribution in [3.63, 3.8) is 0 Å². The van der Waals surface area contributed by atoms with E-state index < -0.39 is 0 Å². The summed E-state index contributed by atoms with van der Waals surface area (Å²) < 4.78 is 19.3. The van der Waals surface area contributed by atoms with Crippen LogP contribution in [0.2, 0.25) is 0 Å². The number of nitrogens with zero attached hydrogens (tertiary/aromatic N) is 4. The summed E-state index contributed by atoms with van der Waals surface area (Å²) in [7, 11) is 0. The van der Waals surface area contributed by atoms with Crippen LogP contribution >= 0.6 is 0 Å². The quantitative estimate of drug-likeness (QED) is 0.826. The number of halogens is 1. The maximum Gasteiger partial charge on any atom is 0.242 e. The molecule has 1 aromatic heterocycles. The first kappa shape index (κ1) is 17.9. The van der Waals surface area contributed by atoms with Gasteiger partial charge in [-0.25, -0.2) is 14.4 Å². The Balaban J connectivity index is 1.46. The molecule has 2 saturated heterocycles. The molecule has 4 rings (SSSR count). The molecule has 0 saturated carbocycles. The molecule has 0 aliphatic carbocycles. The largest absolute Gasteiger partial charge is 0.381 e. The first-order valence-corrected chi connectivity index (χ1v) is 9.29. The predicted octanol–water partition coefficient (Wildman–Crippen LogP) is 2.28. The lowest BCUT2D eigenvalue weighted by atomic mass is 10.0. The van der Waals surface area contributed by atoms with Crippen molar-refractivity contribution in [1.82, 2.24) is 14.9 Å². The Bertz CT molecular complexity index is 838. The summed E-state index contributed by atoms with van der Waals surface area (Å²) in [6, 6.07) is 8.57. The second-order valence-corrected chi connectivity index (χ2v) is 7.09. The van der Waals surface area contributed by atoms with Gasteiger partial charge in [0.2, 0.25) is 5.91 Å². The van der Waals surface area contributed by atoms with E-state index in [0.717, 1.165) is 24.5 Å². The third kappa shape index (κ3) is 3.93. The molecule has 0 N–H and O–H groups in total. The van der Waals surface area contributed by atoms with Crippen molar-refractivity contribution >= 4 is 11.7 Å². The zero-order valence-corrected chi connectivity index (χ0v) is 15.4. The van der Waals surface area contributed by atoms with Gasteiger partial charge in [0.05, 0.1) is 18.8 Å². The summed E-state index contributed by atoms with van der Waals surface area (Å²) in [6.45, 7) is 5.06. The molecule has 3 heterocycles. The van der Waals surface area contributed by atoms with Crippen LogP contribution in [0.15, 0.2) is 30.3 Å². The number of carbonyl (C=O) groups excluding carboxylic acids is 1. The number of anilines is 1. The molecule has 7 heteroatoms. The van der Waals surface area contributed by atoms with Gasteiger partial charge in [-0.05, 0) is 19.4 Å². The van der Waals surface area contributed by atoms with Crippen LogP contribution in [-0.4, -0.2) is 53.6 Å². The van der Waals surface area contributed by atoms with E-state index in [1.165, 1.54) is 6.07 Å². The Morgan fingerprint density at radius 2 is 2.11 bits per heavy atom. The van der Waals surface area contributed by atoms with Crippen LogP contribution in [0.1, 0.15) is 29.4 Å². The van der Waals surface area contributed by atoms with Crippen LogP contribution in [0.4, 0.5) is 10.2 Å². The first-order valence-electron chi connectivity index (χ1n) is 9.29. The summed E-state index contributed by atoms with van der Waals surface area (Å²) in [6.07, 6.45) is 0.964.